The van der Waals surface area contributed by atoms with E-state index in [0.29, 0.717) is 24.5 Å². The normalized spacial score (nSPS) is 15.4. The average Bonchev–Trinajstić information content (AvgIpc) is 2.42. The van der Waals surface area contributed by atoms with E-state index in [4.69, 9.17) is 21.6 Å². The van der Waals surface area contributed by atoms with Crippen molar-refractivity contribution in [2.24, 2.45) is 5.41 Å². The molecule has 0 spiro atoms. The van der Waals surface area contributed by atoms with Crippen LogP contribution in [0, 0.1) is 16.7 Å². The van der Waals surface area contributed by atoms with Crippen molar-refractivity contribution >= 4 is 17.5 Å². The fourth-order valence-electron chi connectivity index (χ4n) is 1.89. The molecule has 0 aromatic carbocycles. The Balaban J connectivity index is 1.92. The molecule has 1 fully saturated rings. The number of rotatable bonds is 4. The number of alkyl halides is 1. The summed E-state index contributed by atoms with van der Waals surface area (Å²) in [5, 5.41) is 8.95. The molecule has 0 bridgehead atoms. The summed E-state index contributed by atoms with van der Waals surface area (Å²) in [6, 6.07) is 5.37. The number of carbonyl (C=O) groups is 1. The number of amides is 1. The summed E-state index contributed by atoms with van der Waals surface area (Å²) in [5.41, 5.74) is -0.159. The van der Waals surface area contributed by atoms with E-state index in [9.17, 15) is 4.79 Å². The van der Waals surface area contributed by atoms with Crippen LogP contribution in [0.5, 0.6) is 5.88 Å². The summed E-state index contributed by atoms with van der Waals surface area (Å²) in [6.45, 7) is 4.65. The Hall–Kier alpha value is -1.80. The number of pyridine rings is 1. The largest absolute Gasteiger partial charge is 0.470 e. The molecule has 6 heteroatoms. The molecule has 0 atom stereocenters. The minimum absolute atomic E-state index is 0.0221. The molecule has 5 nitrogen and oxygen atoms in total. The van der Waals surface area contributed by atoms with Crippen LogP contribution in [0.15, 0.2) is 18.3 Å². The Kier molecular flexibility index (Phi) is 4.15. The lowest BCUT2D eigenvalue weighted by Crippen LogP contribution is -2.59. The first kappa shape index (κ1) is 14.6. The van der Waals surface area contributed by atoms with Gasteiger partial charge in [-0.05, 0) is 26.0 Å². The highest BCUT2D eigenvalue weighted by Crippen LogP contribution is 2.26. The Morgan fingerprint density at radius 2 is 2.35 bits per heavy atom. The summed E-state index contributed by atoms with van der Waals surface area (Å²) in [7, 11) is 0. The molecule has 0 saturated carbocycles. The monoisotopic (exact) mass is 293 g/mol. The molecule has 1 aromatic rings. The highest BCUT2D eigenvalue weighted by Gasteiger charge is 2.39. The van der Waals surface area contributed by atoms with Gasteiger partial charge in [0, 0.05) is 12.1 Å². The number of hydrogen-bond acceptors (Lipinski definition) is 4. The molecule has 1 amide bonds. The molecule has 1 aromatic heterocycles. The van der Waals surface area contributed by atoms with Crippen molar-refractivity contribution in [2.45, 2.75) is 20.0 Å². The Labute approximate surface area is 123 Å². The van der Waals surface area contributed by atoms with E-state index in [2.05, 4.69) is 4.98 Å². The van der Waals surface area contributed by atoms with E-state index >= 15 is 0 Å². The third kappa shape index (κ3) is 2.86. The van der Waals surface area contributed by atoms with E-state index < -0.39 is 5.41 Å². The van der Waals surface area contributed by atoms with Crippen LogP contribution in [0.4, 0.5) is 0 Å². The van der Waals surface area contributed by atoms with Gasteiger partial charge >= 0.3 is 0 Å². The summed E-state index contributed by atoms with van der Waals surface area (Å²) < 4.78 is 5.64. The van der Waals surface area contributed by atoms with Gasteiger partial charge in [-0.25, -0.2) is 4.98 Å². The molecule has 0 unspecified atom stereocenters. The van der Waals surface area contributed by atoms with Gasteiger partial charge in [-0.2, -0.15) is 5.26 Å². The number of carbonyl (C=O) groups excluding carboxylic acids is 1. The molecule has 2 rings (SSSR count). The number of nitriles is 1. The molecule has 0 N–H and O–H groups in total. The van der Waals surface area contributed by atoms with Gasteiger partial charge < -0.3 is 9.64 Å². The highest BCUT2D eigenvalue weighted by molar-refractivity contribution is 6.19. The molecule has 0 aliphatic carbocycles. The SMILES string of the molecule is CC(C)(CCl)C(=O)N1CC(Oc2ncccc2C#N)C1. The zero-order chi connectivity index (χ0) is 14.8. The minimum Gasteiger partial charge on any atom is -0.470 e. The van der Waals surface area contributed by atoms with Gasteiger partial charge in [0.1, 0.15) is 17.7 Å². The maximum Gasteiger partial charge on any atom is 0.232 e. The fourth-order valence-corrected chi connectivity index (χ4v) is 2.01. The first-order valence-corrected chi connectivity index (χ1v) is 6.88. The van der Waals surface area contributed by atoms with Crippen molar-refractivity contribution in [3.8, 4) is 11.9 Å². The lowest BCUT2D eigenvalue weighted by atomic mass is 9.92. The third-order valence-electron chi connectivity index (χ3n) is 3.22. The number of aromatic nitrogens is 1. The predicted octanol–water partition coefficient (Wildman–Crippen LogP) is 1.81. The van der Waals surface area contributed by atoms with Gasteiger partial charge in [0.05, 0.1) is 18.5 Å². The number of halogens is 1. The quantitative estimate of drug-likeness (QED) is 0.794. The molecule has 0 radical (unpaired) electrons. The molecule has 1 saturated heterocycles. The van der Waals surface area contributed by atoms with Gasteiger partial charge in [0.25, 0.3) is 0 Å². The van der Waals surface area contributed by atoms with Crippen LogP contribution >= 0.6 is 11.6 Å². The van der Waals surface area contributed by atoms with Crippen LogP contribution in [-0.2, 0) is 4.79 Å². The Morgan fingerprint density at radius 3 is 2.95 bits per heavy atom. The van der Waals surface area contributed by atoms with Crippen LogP contribution in [0.3, 0.4) is 0 Å². The maximum absolute atomic E-state index is 12.1. The molecule has 1 aliphatic rings. The van der Waals surface area contributed by atoms with Crippen molar-refractivity contribution in [3.63, 3.8) is 0 Å². The average molecular weight is 294 g/mol. The van der Waals surface area contributed by atoms with E-state index in [0.717, 1.165) is 0 Å². The smallest absolute Gasteiger partial charge is 0.232 e. The van der Waals surface area contributed by atoms with Gasteiger partial charge in [0.15, 0.2) is 0 Å². The van der Waals surface area contributed by atoms with E-state index in [1.165, 1.54) is 0 Å². The van der Waals surface area contributed by atoms with Crippen LogP contribution in [-0.4, -0.2) is 40.9 Å². The predicted molar refractivity (Wildman–Crippen MR) is 74.4 cm³/mol. The second kappa shape index (κ2) is 5.68. The summed E-state index contributed by atoms with van der Waals surface area (Å²) >= 11 is 5.79. The second-order valence-corrected chi connectivity index (χ2v) is 5.70. The number of likely N-dealkylation sites (tertiary alicyclic amines) is 1. The van der Waals surface area contributed by atoms with Crippen molar-refractivity contribution < 1.29 is 9.53 Å². The van der Waals surface area contributed by atoms with E-state index in [1.807, 2.05) is 19.9 Å². The van der Waals surface area contributed by atoms with Crippen molar-refractivity contribution in [2.75, 3.05) is 19.0 Å². The molecular weight excluding hydrogens is 278 g/mol. The van der Waals surface area contributed by atoms with Crippen LogP contribution in [0.2, 0.25) is 0 Å². The topological polar surface area (TPSA) is 66.2 Å². The summed E-state index contributed by atoms with van der Waals surface area (Å²) in [6.07, 6.45) is 1.46. The number of nitrogens with zero attached hydrogens (tertiary/aromatic N) is 3. The number of hydrogen-bond donors (Lipinski definition) is 0. The Bertz CT molecular complexity index is 548. The first-order chi connectivity index (χ1) is 9.47. The summed E-state index contributed by atoms with van der Waals surface area (Å²) in [4.78, 5) is 17.9. The van der Waals surface area contributed by atoms with Crippen LogP contribution < -0.4 is 4.74 Å². The lowest BCUT2D eigenvalue weighted by molar-refractivity contribution is -0.148. The molecular formula is C14H16ClN3O2. The van der Waals surface area contributed by atoms with Crippen molar-refractivity contribution in [1.29, 1.82) is 5.26 Å². The maximum atomic E-state index is 12.1. The van der Waals surface area contributed by atoms with E-state index in [-0.39, 0.29) is 17.9 Å². The summed E-state index contributed by atoms with van der Waals surface area (Å²) in [5.74, 6) is 0.629. The first-order valence-electron chi connectivity index (χ1n) is 6.35. The lowest BCUT2D eigenvalue weighted by Gasteiger charge is -2.42. The third-order valence-corrected chi connectivity index (χ3v) is 3.89. The van der Waals surface area contributed by atoms with E-state index in [1.54, 1.807) is 23.2 Å². The fraction of sp³-hybridized carbons (Fsp3) is 0.500. The molecule has 20 heavy (non-hydrogen) atoms. The standard InChI is InChI=1S/C14H16ClN3O2/c1-14(2,9-15)13(19)18-7-11(8-18)20-12-10(6-16)4-3-5-17-12/h3-5,11H,7-9H2,1-2H3. The van der Waals surface area contributed by atoms with Gasteiger partial charge in [-0.3, -0.25) is 4.79 Å². The number of ether oxygens (including phenoxy) is 1. The van der Waals surface area contributed by atoms with Crippen molar-refractivity contribution in [3.05, 3.63) is 23.9 Å². The second-order valence-electron chi connectivity index (χ2n) is 5.44. The van der Waals surface area contributed by atoms with Gasteiger partial charge in [-0.15, -0.1) is 11.6 Å². The van der Waals surface area contributed by atoms with Crippen molar-refractivity contribution in [1.82, 2.24) is 9.88 Å². The van der Waals surface area contributed by atoms with Gasteiger partial charge in [-0.1, -0.05) is 0 Å². The molecule has 2 heterocycles. The zero-order valence-electron chi connectivity index (χ0n) is 11.5. The van der Waals surface area contributed by atoms with Crippen LogP contribution in [0.25, 0.3) is 0 Å². The molecule has 1 aliphatic heterocycles. The van der Waals surface area contributed by atoms with Crippen LogP contribution in [0.1, 0.15) is 19.4 Å². The molecule has 106 valence electrons. The highest BCUT2D eigenvalue weighted by atomic mass is 35.5. The minimum atomic E-state index is -0.560. The zero-order valence-corrected chi connectivity index (χ0v) is 12.2. The van der Waals surface area contributed by atoms with Gasteiger partial charge in [0.2, 0.25) is 11.8 Å². The Morgan fingerprint density at radius 1 is 1.65 bits per heavy atom.